The largest absolute Gasteiger partial charge is 0.790 e. The first-order valence-electron chi connectivity index (χ1n) is 11.3. The number of benzene rings is 1. The molecule has 0 spiro atoms. The molecule has 33 heavy (non-hydrogen) atoms. The van der Waals surface area contributed by atoms with Crippen LogP contribution in [0.4, 0.5) is 4.79 Å². The molecule has 8 nitrogen and oxygen atoms in total. The van der Waals surface area contributed by atoms with Crippen LogP contribution >= 0.6 is 7.82 Å². The number of aryl methyl sites for hydroxylation is 1. The molecule has 1 aromatic carbocycles. The SMILES string of the molecule is C=C(C)[C@@H]1CCC(C)=C[C@H]1c1c(O)cc(CCCCC)cc1OC(=O)NCCOP(=O)([O-])[O-]. The lowest BCUT2D eigenvalue weighted by molar-refractivity contribution is -0.341. The van der Waals surface area contributed by atoms with E-state index in [-0.39, 0.29) is 29.9 Å². The smallest absolute Gasteiger partial charge is 0.412 e. The molecule has 1 aromatic rings. The molecule has 0 aromatic heterocycles. The van der Waals surface area contributed by atoms with Crippen LogP contribution in [0.3, 0.4) is 0 Å². The maximum Gasteiger partial charge on any atom is 0.412 e. The van der Waals surface area contributed by atoms with Crippen molar-refractivity contribution in [2.75, 3.05) is 13.2 Å². The molecule has 0 aliphatic heterocycles. The molecule has 0 fully saturated rings. The van der Waals surface area contributed by atoms with Gasteiger partial charge in [0.25, 0.3) is 0 Å². The molecule has 0 bridgehead atoms. The highest BCUT2D eigenvalue weighted by atomic mass is 31.2. The van der Waals surface area contributed by atoms with Crippen LogP contribution in [0.15, 0.2) is 35.9 Å². The van der Waals surface area contributed by atoms with Gasteiger partial charge >= 0.3 is 6.09 Å². The lowest BCUT2D eigenvalue weighted by Gasteiger charge is -2.32. The molecule has 1 aliphatic rings. The third-order valence-corrected chi connectivity index (χ3v) is 6.28. The highest BCUT2D eigenvalue weighted by Crippen LogP contribution is 2.47. The Morgan fingerprint density at radius 3 is 2.70 bits per heavy atom. The minimum Gasteiger partial charge on any atom is -0.790 e. The van der Waals surface area contributed by atoms with E-state index in [4.69, 9.17) is 4.74 Å². The number of phenolic OH excluding ortho intramolecular Hbond substituents is 1. The second-order valence-electron chi connectivity index (χ2n) is 8.61. The van der Waals surface area contributed by atoms with Crippen LogP contribution < -0.4 is 19.8 Å². The van der Waals surface area contributed by atoms with Gasteiger partial charge in [0, 0.05) is 18.0 Å². The normalized spacial score (nSPS) is 18.5. The van der Waals surface area contributed by atoms with Crippen LogP contribution in [0.5, 0.6) is 11.5 Å². The van der Waals surface area contributed by atoms with E-state index >= 15 is 0 Å². The van der Waals surface area contributed by atoms with Crippen LogP contribution in [0, 0.1) is 5.92 Å². The Morgan fingerprint density at radius 1 is 1.33 bits per heavy atom. The Bertz CT molecular complexity index is 922. The molecule has 0 saturated heterocycles. The van der Waals surface area contributed by atoms with E-state index in [0.29, 0.717) is 5.56 Å². The maximum atomic E-state index is 12.4. The van der Waals surface area contributed by atoms with Crippen LogP contribution in [0.1, 0.15) is 69.9 Å². The Balaban J connectivity index is 2.32. The number of nitrogens with one attached hydrogen (secondary N) is 1. The van der Waals surface area contributed by atoms with Gasteiger partial charge in [-0.2, -0.15) is 0 Å². The molecule has 1 amide bonds. The van der Waals surface area contributed by atoms with E-state index in [0.717, 1.165) is 49.7 Å². The summed E-state index contributed by atoms with van der Waals surface area (Å²) in [5.41, 5.74) is 3.56. The molecule has 0 saturated carbocycles. The van der Waals surface area contributed by atoms with E-state index in [1.807, 2.05) is 13.8 Å². The molecule has 9 heteroatoms. The topological polar surface area (TPSA) is 131 Å². The lowest BCUT2D eigenvalue weighted by Crippen LogP contribution is -2.31. The van der Waals surface area contributed by atoms with Crippen LogP contribution in [-0.2, 0) is 15.5 Å². The van der Waals surface area contributed by atoms with Crippen molar-refractivity contribution >= 4 is 13.9 Å². The Morgan fingerprint density at radius 2 is 2.06 bits per heavy atom. The van der Waals surface area contributed by atoms with Gasteiger partial charge < -0.3 is 34.0 Å². The molecule has 0 unspecified atom stereocenters. The number of aromatic hydroxyl groups is 1. The summed E-state index contributed by atoms with van der Waals surface area (Å²) < 4.78 is 20.2. The van der Waals surface area contributed by atoms with Crippen molar-refractivity contribution in [1.82, 2.24) is 5.32 Å². The quantitative estimate of drug-likeness (QED) is 0.278. The molecular weight excluding hydrogens is 445 g/mol. The molecule has 0 radical (unpaired) electrons. The fourth-order valence-corrected chi connectivity index (χ4v) is 4.48. The number of phenols is 1. The zero-order valence-electron chi connectivity index (χ0n) is 19.6. The minimum absolute atomic E-state index is 0.0657. The highest BCUT2D eigenvalue weighted by Gasteiger charge is 2.31. The number of hydrogen-bond acceptors (Lipinski definition) is 7. The Labute approximate surface area is 195 Å². The first-order chi connectivity index (χ1) is 15.5. The van der Waals surface area contributed by atoms with Gasteiger partial charge in [0.15, 0.2) is 0 Å². The first-order valence-corrected chi connectivity index (χ1v) is 12.8. The van der Waals surface area contributed by atoms with Gasteiger partial charge in [0.1, 0.15) is 11.5 Å². The summed E-state index contributed by atoms with van der Waals surface area (Å²) in [4.78, 5) is 33.5. The van der Waals surface area contributed by atoms with E-state index in [2.05, 4.69) is 29.4 Å². The number of hydrogen-bond donors (Lipinski definition) is 2. The summed E-state index contributed by atoms with van der Waals surface area (Å²) in [6.45, 7) is 9.51. The predicted molar refractivity (Wildman–Crippen MR) is 123 cm³/mol. The monoisotopic (exact) mass is 479 g/mol. The van der Waals surface area contributed by atoms with Crippen molar-refractivity contribution in [2.45, 2.75) is 65.2 Å². The standard InChI is InChI=1S/C24H36NO7P/c1-5-6-7-8-18-14-21(26)23(20-13-17(4)9-10-19(20)16(2)3)22(15-18)32-24(27)25-11-12-31-33(28,29)30/h13-15,19-20,26H,2,5-12H2,1,3-4H3,(H,25,27)(H2,28,29,30)/p-2/t19-,20+/m0/s1. The molecule has 2 N–H and O–H groups in total. The zero-order chi connectivity index (χ0) is 24.6. The maximum absolute atomic E-state index is 12.4. The van der Waals surface area contributed by atoms with E-state index in [9.17, 15) is 24.3 Å². The van der Waals surface area contributed by atoms with Gasteiger partial charge in [-0.3, -0.25) is 0 Å². The van der Waals surface area contributed by atoms with Gasteiger partial charge in [0.2, 0.25) is 0 Å². The first kappa shape index (κ1) is 27.1. The summed E-state index contributed by atoms with van der Waals surface area (Å²) in [6.07, 6.45) is 6.86. The highest BCUT2D eigenvalue weighted by molar-refractivity contribution is 7.43. The van der Waals surface area contributed by atoms with Crippen molar-refractivity contribution in [3.63, 3.8) is 0 Å². The fourth-order valence-electron chi connectivity index (χ4n) is 4.16. The van der Waals surface area contributed by atoms with Gasteiger partial charge in [-0.1, -0.05) is 43.6 Å². The van der Waals surface area contributed by atoms with E-state index < -0.39 is 20.5 Å². The molecule has 1 aliphatic carbocycles. The molecule has 184 valence electrons. The Kier molecular flexibility index (Phi) is 10.2. The number of ether oxygens (including phenoxy) is 1. The molecular formula is C24H34NO7P-2. The number of phosphoric acid groups is 1. The van der Waals surface area contributed by atoms with E-state index in [1.54, 1.807) is 12.1 Å². The van der Waals surface area contributed by atoms with Crippen LogP contribution in [-0.4, -0.2) is 24.4 Å². The average Bonchev–Trinajstić information content (AvgIpc) is 2.70. The molecule has 2 atom stereocenters. The number of phosphoric ester groups is 1. The summed E-state index contributed by atoms with van der Waals surface area (Å²) in [5.74, 6) is 0.211. The second kappa shape index (κ2) is 12.4. The van der Waals surface area contributed by atoms with Crippen LogP contribution in [0.2, 0.25) is 0 Å². The van der Waals surface area contributed by atoms with E-state index in [1.165, 1.54) is 5.57 Å². The number of carbonyl (C=O) groups is 1. The van der Waals surface area contributed by atoms with Gasteiger partial charge in [-0.25, -0.2) is 4.79 Å². The number of amides is 1. The molecule has 2 rings (SSSR count). The van der Waals surface area contributed by atoms with Crippen molar-refractivity contribution in [1.29, 1.82) is 0 Å². The number of carbonyl (C=O) groups excluding carboxylic acids is 1. The van der Waals surface area contributed by atoms with Crippen molar-refractivity contribution < 1.29 is 33.5 Å². The summed E-state index contributed by atoms with van der Waals surface area (Å²) >= 11 is 0. The Hall–Kier alpha value is -2.12. The van der Waals surface area contributed by atoms with Crippen molar-refractivity contribution in [3.8, 4) is 11.5 Å². The van der Waals surface area contributed by atoms with Crippen LogP contribution in [0.25, 0.3) is 0 Å². The second-order valence-corrected chi connectivity index (χ2v) is 9.76. The van der Waals surface area contributed by atoms with Crippen molar-refractivity contribution in [2.24, 2.45) is 5.92 Å². The van der Waals surface area contributed by atoms with Crippen molar-refractivity contribution in [3.05, 3.63) is 47.1 Å². The average molecular weight is 480 g/mol. The number of rotatable bonds is 11. The molecule has 0 heterocycles. The summed E-state index contributed by atoms with van der Waals surface area (Å²) in [6, 6.07) is 3.51. The van der Waals surface area contributed by atoms with Gasteiger partial charge in [0.05, 0.1) is 14.4 Å². The summed E-state index contributed by atoms with van der Waals surface area (Å²) in [5, 5.41) is 13.4. The van der Waals surface area contributed by atoms with Gasteiger partial charge in [-0.05, 0) is 63.1 Å². The number of unbranched alkanes of at least 4 members (excludes halogenated alkanes) is 2. The third-order valence-electron chi connectivity index (χ3n) is 5.79. The third kappa shape index (κ3) is 8.63. The summed E-state index contributed by atoms with van der Waals surface area (Å²) in [7, 11) is -5.11. The zero-order valence-corrected chi connectivity index (χ0v) is 20.5. The minimum atomic E-state index is -5.11. The lowest BCUT2D eigenvalue weighted by atomic mass is 9.73. The van der Waals surface area contributed by atoms with Gasteiger partial charge in [-0.15, -0.1) is 0 Å². The predicted octanol–water partition coefficient (Wildman–Crippen LogP) is 4.07. The fraction of sp³-hybridized carbons (Fsp3) is 0.542. The number of allylic oxidation sites excluding steroid dienone is 3.